The number of hydrogen-bond acceptors (Lipinski definition) is 8. The summed E-state index contributed by atoms with van der Waals surface area (Å²) in [6.45, 7) is 2.38. The minimum Gasteiger partial charge on any atom is -0.465 e. The van der Waals surface area contributed by atoms with E-state index in [1.165, 1.54) is 13.8 Å². The third kappa shape index (κ3) is 4.10. The van der Waals surface area contributed by atoms with Crippen LogP contribution in [0.1, 0.15) is 20.3 Å². The summed E-state index contributed by atoms with van der Waals surface area (Å²) < 4.78 is 22.5. The average Bonchev–Trinajstić information content (AvgIpc) is 2.35. The first kappa shape index (κ1) is 17.7. The predicted molar refractivity (Wildman–Crippen MR) is 59.2 cm³/mol. The van der Waals surface area contributed by atoms with Gasteiger partial charge in [-0.25, -0.2) is 0 Å². The zero-order valence-electron chi connectivity index (χ0n) is 10.7. The van der Waals surface area contributed by atoms with Crippen LogP contribution in [0.25, 0.3) is 0 Å². The molecule has 0 saturated heterocycles. The van der Waals surface area contributed by atoms with Crippen molar-refractivity contribution in [3.8, 4) is 0 Å². The highest BCUT2D eigenvalue weighted by molar-refractivity contribution is 5.94. The van der Waals surface area contributed by atoms with Gasteiger partial charge in [0, 0.05) is 0 Å². The van der Waals surface area contributed by atoms with Gasteiger partial charge in [0.25, 0.3) is 0 Å². The second-order valence-electron chi connectivity index (χ2n) is 3.49. The maximum absolute atomic E-state index is 13.7. The summed E-state index contributed by atoms with van der Waals surface area (Å²) in [5, 5.41) is 20.9. The van der Waals surface area contributed by atoms with Crippen LogP contribution in [0, 0.1) is 26.1 Å². The van der Waals surface area contributed by atoms with E-state index in [9.17, 15) is 34.2 Å². The van der Waals surface area contributed by atoms with E-state index in [0.717, 1.165) is 0 Å². The van der Waals surface area contributed by atoms with E-state index in [-0.39, 0.29) is 13.2 Å². The number of esters is 2. The van der Waals surface area contributed by atoms with Gasteiger partial charge in [0.2, 0.25) is 0 Å². The van der Waals surface area contributed by atoms with E-state index in [1.54, 1.807) is 0 Å². The summed E-state index contributed by atoms with van der Waals surface area (Å²) in [5.41, 5.74) is 0. The van der Waals surface area contributed by atoms with Crippen molar-refractivity contribution in [1.82, 2.24) is 0 Å². The van der Waals surface area contributed by atoms with Crippen molar-refractivity contribution in [3.05, 3.63) is 20.2 Å². The Morgan fingerprint density at radius 2 is 1.45 bits per heavy atom. The number of hydrogen-bond donors (Lipinski definition) is 0. The van der Waals surface area contributed by atoms with Gasteiger partial charge in [0.1, 0.15) is 9.85 Å². The van der Waals surface area contributed by atoms with Crippen LogP contribution < -0.4 is 0 Å². The highest BCUT2D eigenvalue weighted by Gasteiger charge is 2.61. The van der Waals surface area contributed by atoms with Gasteiger partial charge in [-0.1, -0.05) is 4.39 Å². The molecule has 0 bridgehead atoms. The minimum atomic E-state index is -4.18. The molecule has 0 unspecified atom stereocenters. The molecule has 0 aliphatic rings. The average molecular weight is 296 g/mol. The van der Waals surface area contributed by atoms with Crippen LogP contribution in [0.4, 0.5) is 4.39 Å². The standard InChI is InChI=1S/C9H13FN2O8/c1-3-19-7(13)6(8(14)20-4-2)5-9(10,11(15)16)12(17)18/h6H,3-5H2,1-2H3. The van der Waals surface area contributed by atoms with Gasteiger partial charge in [-0.2, -0.15) is 0 Å². The Morgan fingerprint density at radius 1 is 1.10 bits per heavy atom. The van der Waals surface area contributed by atoms with Crippen LogP contribution in [0.5, 0.6) is 0 Å². The lowest BCUT2D eigenvalue weighted by Gasteiger charge is -2.15. The summed E-state index contributed by atoms with van der Waals surface area (Å²) in [7, 11) is 0. The van der Waals surface area contributed by atoms with Gasteiger partial charge in [-0.15, -0.1) is 0 Å². The summed E-state index contributed by atoms with van der Waals surface area (Å²) in [6, 6.07) is 0. The Hall–Kier alpha value is -2.33. The molecule has 0 aromatic rings. The molecular formula is C9H13FN2O8. The van der Waals surface area contributed by atoms with E-state index in [0.29, 0.717) is 0 Å². The van der Waals surface area contributed by atoms with Gasteiger partial charge in [-0.3, -0.25) is 29.8 Å². The molecule has 0 fully saturated rings. The number of rotatable bonds is 8. The molecule has 11 heteroatoms. The number of ether oxygens (including phenoxy) is 2. The predicted octanol–water partition coefficient (Wildman–Crippen LogP) is 0.296. The van der Waals surface area contributed by atoms with E-state index in [4.69, 9.17) is 0 Å². The quantitative estimate of drug-likeness (QED) is 0.155. The smallest absolute Gasteiger partial charge is 0.465 e. The lowest BCUT2D eigenvalue weighted by atomic mass is 10.0. The molecule has 0 heterocycles. The maximum Gasteiger partial charge on any atom is 0.615 e. The molecule has 0 radical (unpaired) electrons. The summed E-state index contributed by atoms with van der Waals surface area (Å²) in [6.07, 6.45) is -1.61. The fourth-order valence-corrected chi connectivity index (χ4v) is 1.22. The number of nitrogens with zero attached hydrogens (tertiary/aromatic N) is 2. The third-order valence-electron chi connectivity index (χ3n) is 2.17. The highest BCUT2D eigenvalue weighted by atomic mass is 19.2. The van der Waals surface area contributed by atoms with Gasteiger partial charge in [0.15, 0.2) is 12.3 Å². The van der Waals surface area contributed by atoms with Crippen LogP contribution in [0.3, 0.4) is 0 Å². The largest absolute Gasteiger partial charge is 0.615 e. The molecule has 0 spiro atoms. The number of carbonyl (C=O) groups is 2. The summed E-state index contributed by atoms with van der Waals surface area (Å²) in [5.74, 6) is -8.91. The van der Waals surface area contributed by atoms with Crippen molar-refractivity contribution in [2.45, 2.75) is 26.2 Å². The Balaban J connectivity index is 5.33. The third-order valence-corrected chi connectivity index (χ3v) is 2.17. The van der Waals surface area contributed by atoms with Crippen LogP contribution >= 0.6 is 0 Å². The number of nitro groups is 2. The van der Waals surface area contributed by atoms with Crippen LogP contribution in [-0.4, -0.2) is 40.9 Å². The molecule has 0 aliphatic heterocycles. The molecule has 0 aromatic carbocycles. The maximum atomic E-state index is 13.7. The second kappa shape index (κ2) is 7.31. The van der Waals surface area contributed by atoms with Crippen molar-refractivity contribution in [2.24, 2.45) is 5.92 Å². The monoisotopic (exact) mass is 296 g/mol. The number of alkyl halides is 1. The molecule has 0 N–H and O–H groups in total. The molecule has 0 aliphatic carbocycles. The van der Waals surface area contributed by atoms with Gasteiger partial charge >= 0.3 is 17.9 Å². The summed E-state index contributed by atoms with van der Waals surface area (Å²) >= 11 is 0. The molecule has 10 nitrogen and oxygen atoms in total. The lowest BCUT2D eigenvalue weighted by Crippen LogP contribution is -2.46. The topological polar surface area (TPSA) is 139 Å². The Labute approximate surface area is 112 Å². The molecule has 0 saturated carbocycles. The van der Waals surface area contributed by atoms with Gasteiger partial charge < -0.3 is 9.47 Å². The van der Waals surface area contributed by atoms with E-state index in [2.05, 4.69) is 9.47 Å². The summed E-state index contributed by atoms with van der Waals surface area (Å²) in [4.78, 5) is 40.1. The van der Waals surface area contributed by atoms with Crippen molar-refractivity contribution in [1.29, 1.82) is 0 Å². The van der Waals surface area contributed by atoms with Crippen molar-refractivity contribution in [2.75, 3.05) is 13.2 Å². The normalized spacial score (nSPS) is 11.0. The van der Waals surface area contributed by atoms with Crippen molar-refractivity contribution < 1.29 is 33.3 Å². The second-order valence-corrected chi connectivity index (χ2v) is 3.49. The molecule has 20 heavy (non-hydrogen) atoms. The fraction of sp³-hybridized carbons (Fsp3) is 0.778. The molecule has 0 aromatic heterocycles. The number of halogens is 1. The molecular weight excluding hydrogens is 283 g/mol. The van der Waals surface area contributed by atoms with E-state index >= 15 is 0 Å². The van der Waals surface area contributed by atoms with Crippen molar-refractivity contribution >= 4 is 11.9 Å². The van der Waals surface area contributed by atoms with Gasteiger partial charge in [-0.05, 0) is 13.8 Å². The Bertz CT molecular complexity index is 381. The van der Waals surface area contributed by atoms with Gasteiger partial charge in [0.05, 0.1) is 13.2 Å². The minimum absolute atomic E-state index is 0.190. The number of carbonyl (C=O) groups excluding carboxylic acids is 2. The highest BCUT2D eigenvalue weighted by Crippen LogP contribution is 2.25. The van der Waals surface area contributed by atoms with E-state index < -0.39 is 40.0 Å². The van der Waals surface area contributed by atoms with Crippen LogP contribution in [0.15, 0.2) is 0 Å². The Morgan fingerprint density at radius 3 is 1.70 bits per heavy atom. The Kier molecular flexibility index (Phi) is 6.45. The zero-order valence-corrected chi connectivity index (χ0v) is 10.7. The first-order valence-corrected chi connectivity index (χ1v) is 5.51. The first-order valence-electron chi connectivity index (χ1n) is 5.51. The lowest BCUT2D eigenvalue weighted by molar-refractivity contribution is -0.832. The molecule has 114 valence electrons. The zero-order chi connectivity index (χ0) is 15.9. The molecule has 0 rings (SSSR count). The van der Waals surface area contributed by atoms with Crippen LogP contribution in [-0.2, 0) is 19.1 Å². The van der Waals surface area contributed by atoms with Crippen molar-refractivity contribution in [3.63, 3.8) is 0 Å². The first-order chi connectivity index (χ1) is 9.20. The molecule has 0 atom stereocenters. The fourth-order valence-electron chi connectivity index (χ4n) is 1.22. The molecule has 0 amide bonds. The van der Waals surface area contributed by atoms with Crippen LogP contribution in [0.2, 0.25) is 0 Å². The van der Waals surface area contributed by atoms with E-state index in [1.807, 2.05) is 0 Å². The SMILES string of the molecule is CCOC(=O)C(CC(F)([N+](=O)[O-])[N+](=O)[O-])C(=O)OCC.